The van der Waals surface area contributed by atoms with Gasteiger partial charge >= 0.3 is 0 Å². The topological polar surface area (TPSA) is 98.3 Å². The second-order valence-corrected chi connectivity index (χ2v) is 4.80. The van der Waals surface area contributed by atoms with Gasteiger partial charge in [0.05, 0.1) is 0 Å². The standard InChI is InChI=1S/C15H18N4O3/c1-3-18(4-2)12(20)9-19-14-10(6-5-7-17-14)8-11(13(16)21)15(19)22/h5-8H,3-4,9H2,1-2H3,(H2,16,21). The number of amides is 2. The van der Waals surface area contributed by atoms with Gasteiger partial charge in [-0.15, -0.1) is 0 Å². The van der Waals surface area contributed by atoms with E-state index in [0.29, 0.717) is 24.1 Å². The van der Waals surface area contributed by atoms with Crippen molar-refractivity contribution in [2.45, 2.75) is 20.4 Å². The van der Waals surface area contributed by atoms with Crippen LogP contribution in [0, 0.1) is 0 Å². The fourth-order valence-corrected chi connectivity index (χ4v) is 2.34. The molecular weight excluding hydrogens is 284 g/mol. The highest BCUT2D eigenvalue weighted by atomic mass is 16.2. The van der Waals surface area contributed by atoms with Crippen LogP contribution in [0.15, 0.2) is 29.2 Å². The molecule has 7 heteroatoms. The lowest BCUT2D eigenvalue weighted by molar-refractivity contribution is -0.131. The van der Waals surface area contributed by atoms with Crippen LogP contribution < -0.4 is 11.3 Å². The molecule has 0 fully saturated rings. The van der Waals surface area contributed by atoms with E-state index in [2.05, 4.69) is 4.98 Å². The number of rotatable bonds is 5. The van der Waals surface area contributed by atoms with Crippen molar-refractivity contribution in [1.82, 2.24) is 14.5 Å². The quantitative estimate of drug-likeness (QED) is 0.862. The second-order valence-electron chi connectivity index (χ2n) is 4.80. The Labute approximate surface area is 127 Å². The van der Waals surface area contributed by atoms with Gasteiger partial charge in [0, 0.05) is 24.7 Å². The smallest absolute Gasteiger partial charge is 0.265 e. The number of fused-ring (bicyclic) bond motifs is 1. The summed E-state index contributed by atoms with van der Waals surface area (Å²) in [6, 6.07) is 4.81. The molecule has 2 aromatic heterocycles. The monoisotopic (exact) mass is 302 g/mol. The Morgan fingerprint density at radius 3 is 2.59 bits per heavy atom. The van der Waals surface area contributed by atoms with Crippen LogP contribution in [-0.4, -0.2) is 39.4 Å². The van der Waals surface area contributed by atoms with E-state index in [1.54, 1.807) is 17.0 Å². The molecule has 2 amide bonds. The summed E-state index contributed by atoms with van der Waals surface area (Å²) in [4.78, 5) is 41.9. The summed E-state index contributed by atoms with van der Waals surface area (Å²) in [7, 11) is 0. The average molecular weight is 302 g/mol. The van der Waals surface area contributed by atoms with Crippen LogP contribution in [0.2, 0.25) is 0 Å². The predicted octanol–water partition coefficient (Wildman–Crippen LogP) is 0.364. The van der Waals surface area contributed by atoms with E-state index in [1.165, 1.54) is 16.8 Å². The first-order valence-corrected chi connectivity index (χ1v) is 7.05. The van der Waals surface area contributed by atoms with Crippen LogP contribution in [0.25, 0.3) is 11.0 Å². The molecule has 7 nitrogen and oxygen atoms in total. The number of carbonyl (C=O) groups excluding carboxylic acids is 2. The number of primary amides is 1. The van der Waals surface area contributed by atoms with Crippen LogP contribution in [0.1, 0.15) is 24.2 Å². The van der Waals surface area contributed by atoms with Crippen molar-refractivity contribution in [3.8, 4) is 0 Å². The number of nitrogens with two attached hydrogens (primary N) is 1. The highest BCUT2D eigenvalue weighted by Gasteiger charge is 2.18. The Morgan fingerprint density at radius 1 is 1.32 bits per heavy atom. The first-order valence-electron chi connectivity index (χ1n) is 7.05. The molecule has 0 saturated carbocycles. The third kappa shape index (κ3) is 2.83. The lowest BCUT2D eigenvalue weighted by atomic mass is 10.2. The fraction of sp³-hybridized carbons (Fsp3) is 0.333. The van der Waals surface area contributed by atoms with Gasteiger partial charge in [-0.3, -0.25) is 19.0 Å². The lowest BCUT2D eigenvalue weighted by Crippen LogP contribution is -2.38. The van der Waals surface area contributed by atoms with Crippen LogP contribution in [0.3, 0.4) is 0 Å². The molecule has 0 aliphatic carbocycles. The summed E-state index contributed by atoms with van der Waals surface area (Å²) in [5, 5.41) is 0.586. The van der Waals surface area contributed by atoms with Gasteiger partial charge in [0.15, 0.2) is 0 Å². The minimum atomic E-state index is -0.820. The molecule has 2 heterocycles. The van der Waals surface area contributed by atoms with Crippen LogP contribution >= 0.6 is 0 Å². The Bertz CT molecular complexity index is 778. The summed E-state index contributed by atoms with van der Waals surface area (Å²) in [6.07, 6.45) is 1.53. The molecular formula is C15H18N4O3. The van der Waals surface area contributed by atoms with Gasteiger partial charge in [-0.1, -0.05) is 0 Å². The molecule has 0 aromatic carbocycles. The van der Waals surface area contributed by atoms with Gasteiger partial charge in [-0.25, -0.2) is 4.98 Å². The van der Waals surface area contributed by atoms with E-state index in [9.17, 15) is 14.4 Å². The molecule has 2 rings (SSSR count). The zero-order valence-electron chi connectivity index (χ0n) is 12.6. The molecule has 2 aromatic rings. The number of likely N-dealkylation sites (N-methyl/N-ethyl adjacent to an activating group) is 1. The molecule has 0 spiro atoms. The first-order chi connectivity index (χ1) is 10.5. The molecule has 0 radical (unpaired) electrons. The predicted molar refractivity (Wildman–Crippen MR) is 82.4 cm³/mol. The second kappa shape index (κ2) is 6.38. The van der Waals surface area contributed by atoms with Crippen molar-refractivity contribution in [2.75, 3.05) is 13.1 Å². The maximum Gasteiger partial charge on any atom is 0.265 e. The zero-order chi connectivity index (χ0) is 16.3. The Morgan fingerprint density at radius 2 is 2.00 bits per heavy atom. The molecule has 0 bridgehead atoms. The van der Waals surface area contributed by atoms with Gasteiger partial charge in [-0.05, 0) is 32.0 Å². The van der Waals surface area contributed by atoms with Crippen LogP contribution in [-0.2, 0) is 11.3 Å². The molecule has 0 saturated heterocycles. The summed E-state index contributed by atoms with van der Waals surface area (Å²) < 4.78 is 1.20. The highest BCUT2D eigenvalue weighted by Crippen LogP contribution is 2.11. The number of hydrogen-bond acceptors (Lipinski definition) is 4. The summed E-state index contributed by atoms with van der Waals surface area (Å²) in [5.74, 6) is -1.03. The van der Waals surface area contributed by atoms with Gasteiger partial charge in [0.1, 0.15) is 17.8 Å². The number of aromatic nitrogens is 2. The third-order valence-corrected chi connectivity index (χ3v) is 3.52. The van der Waals surface area contributed by atoms with Crippen molar-refractivity contribution in [3.63, 3.8) is 0 Å². The summed E-state index contributed by atoms with van der Waals surface area (Å²) in [5.41, 5.74) is 4.87. The fourth-order valence-electron chi connectivity index (χ4n) is 2.34. The van der Waals surface area contributed by atoms with E-state index in [1.807, 2.05) is 13.8 Å². The Balaban J connectivity index is 2.61. The normalized spacial score (nSPS) is 10.6. The van der Waals surface area contributed by atoms with Gasteiger partial charge in [0.2, 0.25) is 5.91 Å². The number of hydrogen-bond donors (Lipinski definition) is 1. The van der Waals surface area contributed by atoms with Crippen LogP contribution in [0.5, 0.6) is 0 Å². The maximum absolute atomic E-state index is 12.4. The molecule has 0 atom stereocenters. The number of carbonyl (C=O) groups is 2. The minimum Gasteiger partial charge on any atom is -0.365 e. The summed E-state index contributed by atoms with van der Waals surface area (Å²) >= 11 is 0. The SMILES string of the molecule is CCN(CC)C(=O)Cn1c(=O)c(C(N)=O)cc2cccnc21. The number of nitrogens with zero attached hydrogens (tertiary/aromatic N) is 3. The van der Waals surface area contributed by atoms with Gasteiger partial charge < -0.3 is 10.6 Å². The Hall–Kier alpha value is -2.70. The molecule has 0 aliphatic rings. The van der Waals surface area contributed by atoms with E-state index >= 15 is 0 Å². The van der Waals surface area contributed by atoms with Gasteiger partial charge in [0.25, 0.3) is 11.5 Å². The first kappa shape index (κ1) is 15.7. The van der Waals surface area contributed by atoms with Crippen molar-refractivity contribution in [1.29, 1.82) is 0 Å². The number of pyridine rings is 2. The van der Waals surface area contributed by atoms with Gasteiger partial charge in [-0.2, -0.15) is 0 Å². The zero-order valence-corrected chi connectivity index (χ0v) is 12.6. The molecule has 0 unspecified atom stereocenters. The minimum absolute atomic E-state index is 0.146. The molecule has 2 N–H and O–H groups in total. The third-order valence-electron chi connectivity index (χ3n) is 3.52. The highest BCUT2D eigenvalue weighted by molar-refractivity contribution is 5.96. The molecule has 22 heavy (non-hydrogen) atoms. The lowest BCUT2D eigenvalue weighted by Gasteiger charge is -2.19. The summed E-state index contributed by atoms with van der Waals surface area (Å²) in [6.45, 7) is 4.64. The van der Waals surface area contributed by atoms with E-state index in [0.717, 1.165) is 0 Å². The Kier molecular flexibility index (Phi) is 4.55. The molecule has 0 aliphatic heterocycles. The van der Waals surface area contributed by atoms with Crippen molar-refractivity contribution < 1.29 is 9.59 Å². The van der Waals surface area contributed by atoms with E-state index in [-0.39, 0.29) is 18.0 Å². The largest absolute Gasteiger partial charge is 0.365 e. The average Bonchev–Trinajstić information content (AvgIpc) is 2.50. The maximum atomic E-state index is 12.4. The van der Waals surface area contributed by atoms with Crippen molar-refractivity contribution in [3.05, 3.63) is 40.3 Å². The molecule has 116 valence electrons. The van der Waals surface area contributed by atoms with E-state index in [4.69, 9.17) is 5.73 Å². The van der Waals surface area contributed by atoms with E-state index < -0.39 is 11.5 Å². The van der Waals surface area contributed by atoms with Crippen LogP contribution in [0.4, 0.5) is 0 Å². The van der Waals surface area contributed by atoms with Crippen molar-refractivity contribution >= 4 is 22.8 Å². The van der Waals surface area contributed by atoms with Crippen molar-refractivity contribution in [2.24, 2.45) is 5.73 Å².